The number of benzene rings is 2. The molecule has 0 bridgehead atoms. The van der Waals surface area contributed by atoms with Crippen LogP contribution in [0.5, 0.6) is 0 Å². The second kappa shape index (κ2) is 13.5. The molecule has 0 atom stereocenters. The van der Waals surface area contributed by atoms with Gasteiger partial charge in [-0.25, -0.2) is 0 Å². The normalized spacial score (nSPS) is 13.6. The molecule has 2 N–H and O–H groups in total. The predicted octanol–water partition coefficient (Wildman–Crippen LogP) is 5.02. The van der Waals surface area contributed by atoms with Crippen LogP contribution in [-0.2, 0) is 4.79 Å². The van der Waals surface area contributed by atoms with Crippen molar-refractivity contribution in [3.8, 4) is 0 Å². The van der Waals surface area contributed by atoms with Gasteiger partial charge in [-0.15, -0.1) is 0 Å². The highest BCUT2D eigenvalue weighted by Crippen LogP contribution is 2.17. The van der Waals surface area contributed by atoms with Crippen molar-refractivity contribution in [1.82, 2.24) is 9.80 Å². The molecule has 0 unspecified atom stereocenters. The van der Waals surface area contributed by atoms with Crippen LogP contribution in [0.15, 0.2) is 48.5 Å². The maximum atomic E-state index is 12.9. The van der Waals surface area contributed by atoms with Gasteiger partial charge in [0.2, 0.25) is 5.91 Å². The van der Waals surface area contributed by atoms with Crippen LogP contribution in [0.4, 0.5) is 11.4 Å². The summed E-state index contributed by atoms with van der Waals surface area (Å²) >= 11 is 0. The molecule has 1 aliphatic rings. The quantitative estimate of drug-likeness (QED) is 0.503. The topological polar surface area (TPSA) is 81.8 Å². The molecule has 0 radical (unpaired) electrons. The summed E-state index contributed by atoms with van der Waals surface area (Å²) in [5.74, 6) is -0.199. The van der Waals surface area contributed by atoms with Crippen molar-refractivity contribution in [1.29, 1.82) is 0 Å². The van der Waals surface area contributed by atoms with E-state index in [-0.39, 0.29) is 24.3 Å². The molecular formula is C28H38N4O3. The van der Waals surface area contributed by atoms with E-state index in [1.54, 1.807) is 36.4 Å². The Labute approximate surface area is 208 Å². The number of likely N-dealkylation sites (tertiary alicyclic amines) is 1. The predicted molar refractivity (Wildman–Crippen MR) is 141 cm³/mol. The summed E-state index contributed by atoms with van der Waals surface area (Å²) in [7, 11) is 0. The van der Waals surface area contributed by atoms with Crippen LogP contribution in [0.3, 0.4) is 0 Å². The van der Waals surface area contributed by atoms with Crippen molar-refractivity contribution in [2.24, 2.45) is 0 Å². The minimum atomic E-state index is -0.223. The standard InChI is InChI=1S/C28H38N4O3/c1-3-15-31(16-4-2)27(34)22-11-9-13-24(19-22)29-21-26(33)30-25-14-10-12-23(20-25)28(35)32-17-7-5-6-8-18-32/h9-14,19-20,29H,3-8,15-18,21H2,1-2H3,(H,30,33). The van der Waals surface area contributed by atoms with E-state index in [9.17, 15) is 14.4 Å². The molecule has 0 saturated carbocycles. The Hall–Kier alpha value is -3.35. The first kappa shape index (κ1) is 26.3. The average Bonchev–Trinajstić information content (AvgIpc) is 3.16. The van der Waals surface area contributed by atoms with Gasteiger partial charge in [-0.1, -0.05) is 38.8 Å². The van der Waals surface area contributed by atoms with E-state index in [1.165, 1.54) is 12.8 Å². The molecule has 35 heavy (non-hydrogen) atoms. The molecule has 2 aromatic carbocycles. The zero-order valence-electron chi connectivity index (χ0n) is 21.0. The van der Waals surface area contributed by atoms with Crippen LogP contribution < -0.4 is 10.6 Å². The van der Waals surface area contributed by atoms with Gasteiger partial charge in [0.05, 0.1) is 6.54 Å². The number of hydrogen-bond acceptors (Lipinski definition) is 4. The Morgan fingerprint density at radius 1 is 0.829 bits per heavy atom. The van der Waals surface area contributed by atoms with E-state index in [4.69, 9.17) is 0 Å². The third-order valence-electron chi connectivity index (χ3n) is 6.12. The number of nitrogens with one attached hydrogen (secondary N) is 2. The van der Waals surface area contributed by atoms with Gasteiger partial charge in [0.25, 0.3) is 11.8 Å². The average molecular weight is 479 g/mol. The van der Waals surface area contributed by atoms with Crippen molar-refractivity contribution >= 4 is 29.1 Å². The van der Waals surface area contributed by atoms with Gasteiger partial charge in [-0.2, -0.15) is 0 Å². The van der Waals surface area contributed by atoms with Gasteiger partial charge in [-0.05, 0) is 62.1 Å². The second-order valence-electron chi connectivity index (χ2n) is 9.06. The number of amides is 3. The molecule has 1 heterocycles. The Bertz CT molecular complexity index is 993. The fraction of sp³-hybridized carbons (Fsp3) is 0.464. The van der Waals surface area contributed by atoms with Gasteiger partial charge >= 0.3 is 0 Å². The Kier molecular flexibility index (Phi) is 10.1. The van der Waals surface area contributed by atoms with Crippen molar-refractivity contribution in [3.63, 3.8) is 0 Å². The van der Waals surface area contributed by atoms with Gasteiger partial charge in [0.15, 0.2) is 0 Å². The maximum Gasteiger partial charge on any atom is 0.253 e. The molecule has 0 aromatic heterocycles. The number of anilines is 2. The lowest BCUT2D eigenvalue weighted by Crippen LogP contribution is -2.32. The lowest BCUT2D eigenvalue weighted by atomic mass is 10.1. The van der Waals surface area contributed by atoms with Gasteiger partial charge in [0, 0.05) is 48.7 Å². The number of nitrogens with zero attached hydrogens (tertiary/aromatic N) is 2. The van der Waals surface area contributed by atoms with Gasteiger partial charge < -0.3 is 20.4 Å². The fourth-order valence-electron chi connectivity index (χ4n) is 4.37. The molecule has 0 aliphatic carbocycles. The molecule has 0 spiro atoms. The van der Waals surface area contributed by atoms with Crippen LogP contribution in [0.2, 0.25) is 0 Å². The molecule has 3 rings (SSSR count). The molecule has 1 aliphatic heterocycles. The third-order valence-corrected chi connectivity index (χ3v) is 6.12. The second-order valence-corrected chi connectivity index (χ2v) is 9.06. The molecular weight excluding hydrogens is 440 g/mol. The Morgan fingerprint density at radius 3 is 2.09 bits per heavy atom. The summed E-state index contributed by atoms with van der Waals surface area (Å²) < 4.78 is 0. The summed E-state index contributed by atoms with van der Waals surface area (Å²) in [6.07, 6.45) is 6.23. The first-order chi connectivity index (χ1) is 17.0. The van der Waals surface area contributed by atoms with E-state index in [1.807, 2.05) is 21.9 Å². The molecule has 2 aromatic rings. The van der Waals surface area contributed by atoms with E-state index in [0.717, 1.165) is 51.9 Å². The number of hydrogen-bond donors (Lipinski definition) is 2. The number of carbonyl (C=O) groups excluding carboxylic acids is 3. The summed E-state index contributed by atoms with van der Waals surface area (Å²) in [6, 6.07) is 14.4. The minimum Gasteiger partial charge on any atom is -0.376 e. The van der Waals surface area contributed by atoms with Gasteiger partial charge in [-0.3, -0.25) is 14.4 Å². The van der Waals surface area contributed by atoms with Crippen molar-refractivity contribution in [2.45, 2.75) is 52.4 Å². The monoisotopic (exact) mass is 478 g/mol. The maximum absolute atomic E-state index is 12.9. The summed E-state index contributed by atoms with van der Waals surface area (Å²) in [5.41, 5.74) is 2.50. The van der Waals surface area contributed by atoms with E-state index in [0.29, 0.717) is 22.5 Å². The lowest BCUT2D eigenvalue weighted by molar-refractivity contribution is -0.114. The molecule has 7 nitrogen and oxygen atoms in total. The SMILES string of the molecule is CCCN(CCC)C(=O)c1cccc(NCC(=O)Nc2cccc(C(=O)N3CCCCCC3)c2)c1. The first-order valence-electron chi connectivity index (χ1n) is 12.8. The van der Waals surface area contributed by atoms with Crippen molar-refractivity contribution in [3.05, 3.63) is 59.7 Å². The van der Waals surface area contributed by atoms with Crippen LogP contribution in [0, 0.1) is 0 Å². The van der Waals surface area contributed by atoms with Crippen molar-refractivity contribution in [2.75, 3.05) is 43.4 Å². The lowest BCUT2D eigenvalue weighted by Gasteiger charge is -2.21. The Morgan fingerprint density at radius 2 is 1.43 bits per heavy atom. The van der Waals surface area contributed by atoms with Crippen LogP contribution in [-0.4, -0.2) is 60.2 Å². The molecule has 7 heteroatoms. The number of carbonyl (C=O) groups is 3. The highest BCUT2D eigenvalue weighted by Gasteiger charge is 2.18. The summed E-state index contributed by atoms with van der Waals surface area (Å²) in [5, 5.41) is 5.97. The zero-order chi connectivity index (χ0) is 25.0. The number of rotatable bonds is 10. The third kappa shape index (κ3) is 7.84. The smallest absolute Gasteiger partial charge is 0.253 e. The highest BCUT2D eigenvalue weighted by atomic mass is 16.2. The summed E-state index contributed by atoms with van der Waals surface area (Å²) in [6.45, 7) is 7.21. The molecule has 1 saturated heterocycles. The molecule has 1 fully saturated rings. The van der Waals surface area contributed by atoms with Crippen LogP contribution in [0.1, 0.15) is 73.1 Å². The first-order valence-corrected chi connectivity index (χ1v) is 12.8. The largest absolute Gasteiger partial charge is 0.376 e. The van der Waals surface area contributed by atoms with Crippen LogP contribution >= 0.6 is 0 Å². The van der Waals surface area contributed by atoms with Gasteiger partial charge in [0.1, 0.15) is 0 Å². The van der Waals surface area contributed by atoms with E-state index >= 15 is 0 Å². The summed E-state index contributed by atoms with van der Waals surface area (Å²) in [4.78, 5) is 42.1. The van der Waals surface area contributed by atoms with E-state index < -0.39 is 0 Å². The minimum absolute atomic E-state index is 0.00712. The highest BCUT2D eigenvalue weighted by molar-refractivity contribution is 5.98. The Balaban J connectivity index is 1.57. The van der Waals surface area contributed by atoms with Crippen LogP contribution in [0.25, 0.3) is 0 Å². The van der Waals surface area contributed by atoms with E-state index in [2.05, 4.69) is 24.5 Å². The van der Waals surface area contributed by atoms with Crippen molar-refractivity contribution < 1.29 is 14.4 Å². The fourth-order valence-corrected chi connectivity index (χ4v) is 4.37. The zero-order valence-corrected chi connectivity index (χ0v) is 21.0. The molecule has 188 valence electrons. The molecule has 3 amide bonds.